The summed E-state index contributed by atoms with van der Waals surface area (Å²) >= 11 is 5.79. The van der Waals surface area contributed by atoms with Crippen LogP contribution >= 0.6 is 11.6 Å². The predicted molar refractivity (Wildman–Crippen MR) is 80.1 cm³/mol. The molecule has 0 saturated carbocycles. The predicted octanol–water partition coefficient (Wildman–Crippen LogP) is 2.91. The van der Waals surface area contributed by atoms with Crippen LogP contribution in [-0.4, -0.2) is 11.7 Å². The van der Waals surface area contributed by atoms with Crippen LogP contribution in [0, 0.1) is 17.2 Å². The van der Waals surface area contributed by atoms with Crippen molar-refractivity contribution in [1.82, 2.24) is 0 Å². The van der Waals surface area contributed by atoms with Crippen molar-refractivity contribution in [2.24, 2.45) is 11.7 Å². The Labute approximate surface area is 132 Å². The summed E-state index contributed by atoms with van der Waals surface area (Å²) in [7, 11) is 0. The van der Waals surface area contributed by atoms with Crippen LogP contribution in [0.4, 0.5) is 0 Å². The smallest absolute Gasteiger partial charge is 0.235 e. The van der Waals surface area contributed by atoms with Gasteiger partial charge in [0.05, 0.1) is 12.3 Å². The van der Waals surface area contributed by atoms with Gasteiger partial charge in [0.15, 0.2) is 5.78 Å². The Bertz CT molecular complexity index is 702. The highest BCUT2D eigenvalue weighted by molar-refractivity contribution is 6.30. The minimum absolute atomic E-state index is 0.0592. The third kappa shape index (κ3) is 3.54. The van der Waals surface area contributed by atoms with Crippen molar-refractivity contribution in [2.45, 2.75) is 12.3 Å². The number of nitrogens with two attached hydrogens (primary N) is 1. The standard InChI is InChI=1S/C16H13ClN2O3/c17-11-5-3-10(4-6-11)14(20)8-12(13(9-18)16(19)21)15-2-1-7-22-15/h1-7,12-13H,8H2,(H2,19,21). The first-order valence-corrected chi connectivity index (χ1v) is 6.92. The van der Waals surface area contributed by atoms with Gasteiger partial charge in [-0.1, -0.05) is 11.6 Å². The van der Waals surface area contributed by atoms with Gasteiger partial charge >= 0.3 is 0 Å². The van der Waals surface area contributed by atoms with Crippen LogP contribution in [0.3, 0.4) is 0 Å². The van der Waals surface area contributed by atoms with Crippen LogP contribution in [0.25, 0.3) is 0 Å². The topological polar surface area (TPSA) is 97.1 Å². The second-order valence-corrected chi connectivity index (χ2v) is 5.20. The summed E-state index contributed by atoms with van der Waals surface area (Å²) in [4.78, 5) is 23.8. The van der Waals surface area contributed by atoms with E-state index in [-0.39, 0.29) is 12.2 Å². The molecular weight excluding hydrogens is 304 g/mol. The number of primary amides is 1. The number of furan rings is 1. The highest BCUT2D eigenvalue weighted by Crippen LogP contribution is 2.30. The van der Waals surface area contributed by atoms with Gasteiger partial charge < -0.3 is 10.2 Å². The van der Waals surface area contributed by atoms with Gasteiger partial charge in [0.25, 0.3) is 0 Å². The number of carbonyl (C=O) groups is 2. The van der Waals surface area contributed by atoms with Crippen LogP contribution in [0.2, 0.25) is 5.02 Å². The molecule has 0 spiro atoms. The van der Waals surface area contributed by atoms with Gasteiger partial charge in [-0.2, -0.15) is 5.26 Å². The van der Waals surface area contributed by atoms with E-state index in [0.717, 1.165) is 0 Å². The Kier molecular flexibility index (Phi) is 4.97. The summed E-state index contributed by atoms with van der Waals surface area (Å²) in [6.07, 6.45) is 1.36. The summed E-state index contributed by atoms with van der Waals surface area (Å²) in [5, 5.41) is 9.68. The van der Waals surface area contributed by atoms with Gasteiger partial charge in [-0.25, -0.2) is 0 Å². The summed E-state index contributed by atoms with van der Waals surface area (Å²) < 4.78 is 5.25. The van der Waals surface area contributed by atoms with Crippen molar-refractivity contribution in [1.29, 1.82) is 5.26 Å². The summed E-state index contributed by atoms with van der Waals surface area (Å²) in [5.74, 6) is -2.48. The van der Waals surface area contributed by atoms with Crippen molar-refractivity contribution >= 4 is 23.3 Å². The molecule has 22 heavy (non-hydrogen) atoms. The van der Waals surface area contributed by atoms with Crippen molar-refractivity contribution in [3.8, 4) is 6.07 Å². The molecule has 0 aliphatic carbocycles. The lowest BCUT2D eigenvalue weighted by Crippen LogP contribution is -2.29. The molecule has 1 heterocycles. The Morgan fingerprint density at radius 2 is 1.95 bits per heavy atom. The van der Waals surface area contributed by atoms with Gasteiger partial charge in [0.1, 0.15) is 11.7 Å². The molecule has 2 rings (SSSR count). The van der Waals surface area contributed by atoms with E-state index in [1.807, 2.05) is 6.07 Å². The molecule has 2 aromatic rings. The fourth-order valence-electron chi connectivity index (χ4n) is 2.19. The highest BCUT2D eigenvalue weighted by Gasteiger charge is 2.32. The lowest BCUT2D eigenvalue weighted by Gasteiger charge is -2.17. The molecule has 2 unspecified atom stereocenters. The molecule has 112 valence electrons. The second-order valence-electron chi connectivity index (χ2n) is 4.77. The zero-order valence-electron chi connectivity index (χ0n) is 11.5. The first-order valence-electron chi connectivity index (χ1n) is 6.54. The molecule has 0 bridgehead atoms. The Balaban J connectivity index is 2.27. The zero-order valence-corrected chi connectivity index (χ0v) is 12.3. The van der Waals surface area contributed by atoms with E-state index in [1.54, 1.807) is 36.4 Å². The molecule has 0 saturated heterocycles. The molecule has 0 radical (unpaired) electrons. The molecule has 0 fully saturated rings. The molecule has 6 heteroatoms. The van der Waals surface area contributed by atoms with Crippen LogP contribution < -0.4 is 5.73 Å². The van der Waals surface area contributed by atoms with Gasteiger partial charge in [-0.05, 0) is 36.4 Å². The Morgan fingerprint density at radius 3 is 2.45 bits per heavy atom. The quantitative estimate of drug-likeness (QED) is 0.828. The Morgan fingerprint density at radius 1 is 1.27 bits per heavy atom. The maximum atomic E-state index is 12.4. The molecule has 5 nitrogen and oxygen atoms in total. The summed E-state index contributed by atoms with van der Waals surface area (Å²) in [6.45, 7) is 0. The van der Waals surface area contributed by atoms with E-state index in [2.05, 4.69) is 0 Å². The average molecular weight is 317 g/mol. The number of amides is 1. The lowest BCUT2D eigenvalue weighted by atomic mass is 9.85. The van der Waals surface area contributed by atoms with E-state index in [9.17, 15) is 9.59 Å². The molecule has 2 atom stereocenters. The number of nitrogens with zero attached hydrogens (tertiary/aromatic N) is 1. The number of hydrogen-bond acceptors (Lipinski definition) is 4. The SMILES string of the molecule is N#CC(C(N)=O)C(CC(=O)c1ccc(Cl)cc1)c1ccco1. The fraction of sp³-hybridized carbons (Fsp3) is 0.188. The van der Waals surface area contributed by atoms with E-state index < -0.39 is 17.7 Å². The maximum Gasteiger partial charge on any atom is 0.235 e. The zero-order chi connectivity index (χ0) is 16.1. The van der Waals surface area contributed by atoms with Crippen molar-refractivity contribution in [3.63, 3.8) is 0 Å². The first kappa shape index (κ1) is 15.8. The van der Waals surface area contributed by atoms with E-state index in [0.29, 0.717) is 16.3 Å². The van der Waals surface area contributed by atoms with Crippen LogP contribution in [0.5, 0.6) is 0 Å². The lowest BCUT2D eigenvalue weighted by molar-refractivity contribution is -0.120. The van der Waals surface area contributed by atoms with Crippen LogP contribution in [0.1, 0.15) is 28.5 Å². The molecule has 0 aliphatic heterocycles. The number of Topliss-reactive ketones (excluding diaryl/α,β-unsaturated/α-hetero) is 1. The van der Waals surface area contributed by atoms with Gasteiger partial charge in [-0.3, -0.25) is 9.59 Å². The molecule has 1 aromatic carbocycles. The number of rotatable bonds is 6. The highest BCUT2D eigenvalue weighted by atomic mass is 35.5. The van der Waals surface area contributed by atoms with Gasteiger partial charge in [-0.15, -0.1) is 0 Å². The maximum absolute atomic E-state index is 12.4. The first-order chi connectivity index (χ1) is 10.5. The molecule has 2 N–H and O–H groups in total. The second kappa shape index (κ2) is 6.92. The monoisotopic (exact) mass is 316 g/mol. The third-order valence-electron chi connectivity index (χ3n) is 3.33. The number of halogens is 1. The van der Waals surface area contributed by atoms with Crippen LogP contribution in [-0.2, 0) is 4.79 Å². The van der Waals surface area contributed by atoms with Crippen molar-refractivity contribution in [3.05, 3.63) is 59.0 Å². The fourth-order valence-corrected chi connectivity index (χ4v) is 2.32. The van der Waals surface area contributed by atoms with Crippen LogP contribution in [0.15, 0.2) is 47.1 Å². The number of benzene rings is 1. The number of hydrogen-bond donors (Lipinski definition) is 1. The third-order valence-corrected chi connectivity index (χ3v) is 3.58. The number of carbonyl (C=O) groups excluding carboxylic acids is 2. The molecule has 0 aliphatic rings. The van der Waals surface area contributed by atoms with E-state index in [4.69, 9.17) is 27.0 Å². The largest absolute Gasteiger partial charge is 0.469 e. The van der Waals surface area contributed by atoms with Gasteiger partial charge in [0.2, 0.25) is 5.91 Å². The average Bonchev–Trinajstić information content (AvgIpc) is 3.01. The molecule has 1 amide bonds. The molecule has 1 aromatic heterocycles. The minimum Gasteiger partial charge on any atom is -0.469 e. The Hall–Kier alpha value is -2.58. The normalized spacial score (nSPS) is 13.1. The van der Waals surface area contributed by atoms with Gasteiger partial charge in [0, 0.05) is 22.9 Å². The van der Waals surface area contributed by atoms with Crippen molar-refractivity contribution in [2.75, 3.05) is 0 Å². The minimum atomic E-state index is -1.14. The molecular formula is C16H13ClN2O3. The summed E-state index contributed by atoms with van der Waals surface area (Å²) in [6, 6.07) is 11.5. The number of nitriles is 1. The van der Waals surface area contributed by atoms with E-state index in [1.165, 1.54) is 6.26 Å². The van der Waals surface area contributed by atoms with Crippen molar-refractivity contribution < 1.29 is 14.0 Å². The summed E-state index contributed by atoms with van der Waals surface area (Å²) in [5.41, 5.74) is 5.70. The van der Waals surface area contributed by atoms with E-state index >= 15 is 0 Å². The number of ketones is 1.